The number of benzene rings is 2. The second-order valence-electron chi connectivity index (χ2n) is 7.97. The molecule has 0 aliphatic rings. The lowest BCUT2D eigenvalue weighted by atomic mass is 10.1. The molecule has 1 heterocycles. The number of nitrogen functional groups attached to an aromatic ring is 1. The maximum absolute atomic E-state index is 13.3. The van der Waals surface area contributed by atoms with Crippen LogP contribution in [0.25, 0.3) is 0 Å². The van der Waals surface area contributed by atoms with Crippen molar-refractivity contribution in [3.63, 3.8) is 0 Å². The molecule has 0 saturated carbocycles. The van der Waals surface area contributed by atoms with E-state index in [2.05, 4.69) is 19.7 Å². The molecule has 12 heteroatoms. The third-order valence-corrected chi connectivity index (χ3v) is 5.11. The number of nitrogens with zero attached hydrogens (tertiary/aromatic N) is 5. The lowest BCUT2D eigenvalue weighted by Crippen LogP contribution is -2.24. The monoisotopic (exact) mass is 546 g/mol. The summed E-state index contributed by atoms with van der Waals surface area (Å²) in [6.07, 6.45) is 2.25. The van der Waals surface area contributed by atoms with Gasteiger partial charge in [-0.2, -0.15) is 13.8 Å². The van der Waals surface area contributed by atoms with E-state index in [1.807, 2.05) is 37.9 Å². The van der Waals surface area contributed by atoms with Crippen LogP contribution in [0.4, 0.5) is 36.1 Å². The van der Waals surface area contributed by atoms with Gasteiger partial charge in [0.25, 0.3) is 0 Å². The number of aromatic nitrogens is 2. The van der Waals surface area contributed by atoms with Crippen molar-refractivity contribution in [2.24, 2.45) is 4.99 Å². The van der Waals surface area contributed by atoms with Crippen molar-refractivity contribution in [2.75, 3.05) is 36.2 Å². The molecular formula is C27H33F3N6O3. The van der Waals surface area contributed by atoms with E-state index in [-0.39, 0.29) is 30.6 Å². The van der Waals surface area contributed by atoms with E-state index in [9.17, 15) is 18.0 Å². The van der Waals surface area contributed by atoms with Crippen LogP contribution in [-0.2, 0) is 11.3 Å². The van der Waals surface area contributed by atoms with Crippen molar-refractivity contribution in [3.05, 3.63) is 59.9 Å². The summed E-state index contributed by atoms with van der Waals surface area (Å²) in [4.78, 5) is 28.1. The molecule has 210 valence electrons. The Balaban J connectivity index is 0.00000260. The minimum Gasteiger partial charge on any atom is -0.473 e. The van der Waals surface area contributed by atoms with E-state index in [4.69, 9.17) is 10.5 Å². The summed E-state index contributed by atoms with van der Waals surface area (Å²) in [5.41, 5.74) is 8.83. The van der Waals surface area contributed by atoms with E-state index in [1.165, 1.54) is 42.3 Å². The van der Waals surface area contributed by atoms with E-state index in [0.717, 1.165) is 11.3 Å². The predicted molar refractivity (Wildman–Crippen MR) is 147 cm³/mol. The highest BCUT2D eigenvalue weighted by Crippen LogP contribution is 2.30. The molecule has 1 amide bonds. The predicted octanol–water partition coefficient (Wildman–Crippen LogP) is 5.40. The molecule has 0 aliphatic carbocycles. The van der Waals surface area contributed by atoms with Gasteiger partial charge in [0.15, 0.2) is 5.82 Å². The summed E-state index contributed by atoms with van der Waals surface area (Å²) in [7, 11) is 3.46. The van der Waals surface area contributed by atoms with Crippen LogP contribution in [0.2, 0.25) is 0 Å². The fourth-order valence-corrected chi connectivity index (χ4v) is 3.35. The summed E-state index contributed by atoms with van der Waals surface area (Å²) in [6.45, 7) is 2.32. The molecule has 0 bridgehead atoms. The highest BCUT2D eigenvalue weighted by Gasteiger charge is 2.20. The van der Waals surface area contributed by atoms with Crippen LogP contribution in [0.3, 0.4) is 0 Å². The summed E-state index contributed by atoms with van der Waals surface area (Å²) in [5.74, 6) is 0.0722. The van der Waals surface area contributed by atoms with E-state index in [0.29, 0.717) is 23.5 Å². The molecule has 1 atom stereocenters. The number of alkyl halides is 3. The van der Waals surface area contributed by atoms with Gasteiger partial charge in [0.1, 0.15) is 24.2 Å². The zero-order chi connectivity index (χ0) is 28.9. The smallest absolute Gasteiger partial charge is 0.387 e. The lowest BCUT2D eigenvalue weighted by molar-refractivity contribution is -0.106. The Kier molecular flexibility index (Phi) is 12.0. The summed E-state index contributed by atoms with van der Waals surface area (Å²) < 4.78 is 48.1. The maximum Gasteiger partial charge on any atom is 0.387 e. The topological polar surface area (TPSA) is 106 Å². The molecule has 1 aromatic heterocycles. The van der Waals surface area contributed by atoms with Crippen LogP contribution in [0.15, 0.2) is 53.7 Å². The van der Waals surface area contributed by atoms with Crippen molar-refractivity contribution >= 4 is 35.5 Å². The van der Waals surface area contributed by atoms with Gasteiger partial charge in [-0.25, -0.2) is 9.37 Å². The number of nitrogens with two attached hydrogens (primary N) is 1. The Hall–Kier alpha value is -4.35. The minimum atomic E-state index is -2.98. The van der Waals surface area contributed by atoms with E-state index < -0.39 is 12.8 Å². The number of aliphatic imine (C=N–C) groups is 1. The summed E-state index contributed by atoms with van der Waals surface area (Å²) >= 11 is 0. The molecule has 3 rings (SSSR count). The number of carbonyl (C=O) groups excluding carboxylic acids is 1. The Morgan fingerprint density at radius 2 is 1.77 bits per heavy atom. The Labute approximate surface area is 226 Å². The number of hydrogen-bond acceptors (Lipinski definition) is 8. The van der Waals surface area contributed by atoms with E-state index >= 15 is 0 Å². The Morgan fingerprint density at radius 3 is 2.36 bits per heavy atom. The first kappa shape index (κ1) is 30.9. The van der Waals surface area contributed by atoms with Crippen LogP contribution < -0.4 is 25.0 Å². The number of ether oxygens (including phenoxy) is 2. The molecule has 0 spiro atoms. The second-order valence-corrected chi connectivity index (χ2v) is 7.97. The SMILES string of the molecule is CC.CN=Cc1cc(N(C)Cc2ncc(OCC(C)F)nc2N(C=O)c2ccc(OC(F)F)cc2)ccc1N. The number of carbonyl (C=O) groups is 1. The van der Waals surface area contributed by atoms with Gasteiger partial charge in [-0.1, -0.05) is 13.8 Å². The van der Waals surface area contributed by atoms with Crippen molar-refractivity contribution in [3.8, 4) is 11.6 Å². The molecule has 0 fully saturated rings. The van der Waals surface area contributed by atoms with Gasteiger partial charge in [0, 0.05) is 37.2 Å². The molecule has 0 radical (unpaired) electrons. The highest BCUT2D eigenvalue weighted by atomic mass is 19.3. The molecule has 0 saturated heterocycles. The van der Waals surface area contributed by atoms with Gasteiger partial charge in [-0.3, -0.25) is 14.7 Å². The van der Waals surface area contributed by atoms with Crippen LogP contribution in [0.1, 0.15) is 32.0 Å². The fraction of sp³-hybridized carbons (Fsp3) is 0.333. The van der Waals surface area contributed by atoms with Crippen LogP contribution >= 0.6 is 0 Å². The number of rotatable bonds is 12. The fourth-order valence-electron chi connectivity index (χ4n) is 3.35. The van der Waals surface area contributed by atoms with Gasteiger partial charge in [0.2, 0.25) is 12.3 Å². The summed E-state index contributed by atoms with van der Waals surface area (Å²) in [5, 5.41) is 0. The normalized spacial score (nSPS) is 11.5. The molecular weight excluding hydrogens is 513 g/mol. The van der Waals surface area contributed by atoms with Crippen molar-refractivity contribution in [2.45, 2.75) is 40.1 Å². The van der Waals surface area contributed by atoms with Crippen LogP contribution in [-0.4, -0.2) is 56.1 Å². The first-order chi connectivity index (χ1) is 18.7. The van der Waals surface area contributed by atoms with Crippen molar-refractivity contribution in [1.29, 1.82) is 0 Å². The van der Waals surface area contributed by atoms with Gasteiger partial charge in [-0.05, 0) is 49.4 Å². The third kappa shape index (κ3) is 8.87. The van der Waals surface area contributed by atoms with Crippen LogP contribution in [0, 0.1) is 0 Å². The van der Waals surface area contributed by atoms with E-state index in [1.54, 1.807) is 19.3 Å². The van der Waals surface area contributed by atoms with Crippen molar-refractivity contribution in [1.82, 2.24) is 9.97 Å². The van der Waals surface area contributed by atoms with Gasteiger partial charge in [0.05, 0.1) is 18.4 Å². The van der Waals surface area contributed by atoms with Gasteiger partial charge >= 0.3 is 6.61 Å². The third-order valence-electron chi connectivity index (χ3n) is 5.11. The Bertz CT molecular complexity index is 1230. The molecule has 2 N–H and O–H groups in total. The van der Waals surface area contributed by atoms with Crippen LogP contribution in [0.5, 0.6) is 11.6 Å². The quantitative estimate of drug-likeness (QED) is 0.184. The first-order valence-electron chi connectivity index (χ1n) is 12.2. The Morgan fingerprint density at radius 1 is 1.10 bits per heavy atom. The zero-order valence-electron chi connectivity index (χ0n) is 22.5. The molecule has 0 aliphatic heterocycles. The zero-order valence-corrected chi connectivity index (χ0v) is 22.5. The number of anilines is 4. The number of hydrogen-bond donors (Lipinski definition) is 1. The highest BCUT2D eigenvalue weighted by molar-refractivity contribution is 5.89. The number of halogens is 3. The average molecular weight is 547 g/mol. The summed E-state index contributed by atoms with van der Waals surface area (Å²) in [6, 6.07) is 10.9. The molecule has 2 aromatic carbocycles. The van der Waals surface area contributed by atoms with Gasteiger partial charge < -0.3 is 20.1 Å². The lowest BCUT2D eigenvalue weighted by Gasteiger charge is -2.24. The molecule has 3 aromatic rings. The largest absolute Gasteiger partial charge is 0.473 e. The first-order valence-corrected chi connectivity index (χ1v) is 12.2. The maximum atomic E-state index is 13.3. The number of amides is 1. The van der Waals surface area contributed by atoms with Crippen molar-refractivity contribution < 1.29 is 27.4 Å². The molecule has 39 heavy (non-hydrogen) atoms. The van der Waals surface area contributed by atoms with Gasteiger partial charge in [-0.15, -0.1) is 0 Å². The average Bonchev–Trinajstić information content (AvgIpc) is 2.92. The molecule has 1 unspecified atom stereocenters. The second kappa shape index (κ2) is 15.2. The molecule has 9 nitrogen and oxygen atoms in total. The minimum absolute atomic E-state index is 0.0179. The standard InChI is InChI=1S/C25H27F3N6O3.C2H6/c1-16(26)14-36-23-12-31-22(13-33(3)19-6-9-21(29)17(10-19)11-30-2)24(32-23)34(15-35)18-4-7-20(8-5-18)37-25(27)28;1-2/h4-12,15-16,25H,13-14,29H2,1-3H3;1-2H3.